The average molecular weight is 529 g/mol. The summed E-state index contributed by atoms with van der Waals surface area (Å²) in [4.78, 5) is 0. The average Bonchev–Trinajstić information content (AvgIpc) is 2.75. The van der Waals surface area contributed by atoms with Crippen molar-refractivity contribution in [3.63, 3.8) is 0 Å². The Kier molecular flexibility index (Phi) is 8.68. The van der Waals surface area contributed by atoms with E-state index in [2.05, 4.69) is 49.6 Å². The van der Waals surface area contributed by atoms with Gasteiger partial charge in [0.05, 0.1) is 0 Å². The second-order valence-corrected chi connectivity index (χ2v) is 28.2. The molecule has 0 unspecified atom stereocenters. The van der Waals surface area contributed by atoms with E-state index in [1.165, 1.54) is 12.8 Å². The van der Waals surface area contributed by atoms with Gasteiger partial charge in [-0.05, 0) is 0 Å². The minimum absolute atomic E-state index is 0. The Morgan fingerprint density at radius 1 is 0.938 bits per heavy atom. The SMILES string of the molecule is Br.Br.C[Si](C)=[Hf]([C]1=CC=CC1)[C]1=CC=CC1. The zero-order valence-corrected chi connectivity index (χ0v) is 17.7. The quantitative estimate of drug-likeness (QED) is 0.456. The fourth-order valence-corrected chi connectivity index (χ4v) is 26.0. The first-order chi connectivity index (χ1) is 6.79. The molecular weight excluding hydrogens is 511 g/mol. The number of hydrogen-bond donors (Lipinski definition) is 0. The van der Waals surface area contributed by atoms with Crippen LogP contribution in [0.1, 0.15) is 12.8 Å². The van der Waals surface area contributed by atoms with Crippen molar-refractivity contribution in [1.29, 1.82) is 0 Å². The molecule has 2 aliphatic carbocycles. The molecule has 16 heavy (non-hydrogen) atoms. The molecule has 0 amide bonds. The van der Waals surface area contributed by atoms with Crippen LogP contribution in [0.4, 0.5) is 0 Å². The molecule has 0 saturated carbocycles. The first-order valence-electron chi connectivity index (χ1n) is 5.18. The van der Waals surface area contributed by atoms with Crippen LogP contribution in [0.3, 0.4) is 0 Å². The third-order valence-electron chi connectivity index (χ3n) is 2.68. The van der Waals surface area contributed by atoms with E-state index in [1.54, 1.807) is 0 Å². The molecule has 88 valence electrons. The maximum atomic E-state index is 2.52. The zero-order valence-electron chi connectivity index (χ0n) is 9.69. The van der Waals surface area contributed by atoms with Gasteiger partial charge in [-0.25, -0.2) is 0 Å². The molecule has 0 fully saturated rings. The molecule has 0 aromatic rings. The van der Waals surface area contributed by atoms with Gasteiger partial charge in [-0.3, -0.25) is 0 Å². The Bertz CT molecular complexity index is 367. The van der Waals surface area contributed by atoms with E-state index < -0.39 is 20.1 Å². The van der Waals surface area contributed by atoms with Crippen molar-refractivity contribution in [2.45, 2.75) is 25.9 Å². The van der Waals surface area contributed by atoms with Gasteiger partial charge in [0.2, 0.25) is 0 Å². The van der Waals surface area contributed by atoms with Gasteiger partial charge in [-0.15, -0.1) is 34.0 Å². The van der Waals surface area contributed by atoms with E-state index in [4.69, 9.17) is 0 Å². The van der Waals surface area contributed by atoms with Crippen LogP contribution in [-0.2, 0) is 20.1 Å². The summed E-state index contributed by atoms with van der Waals surface area (Å²) in [6.07, 6.45) is 16.5. The van der Waals surface area contributed by atoms with E-state index in [1.807, 2.05) is 6.66 Å². The molecule has 0 spiro atoms. The number of rotatable bonds is 2. The van der Waals surface area contributed by atoms with Gasteiger partial charge < -0.3 is 0 Å². The van der Waals surface area contributed by atoms with Crippen LogP contribution in [0, 0.1) is 0 Å². The fraction of sp³-hybridized carbons (Fsp3) is 0.333. The molecule has 2 aliphatic rings. The molecular formula is C12H18Br2HfSi. The molecule has 0 bridgehead atoms. The monoisotopic (exact) mass is 528 g/mol. The Morgan fingerprint density at radius 3 is 1.62 bits per heavy atom. The van der Waals surface area contributed by atoms with Gasteiger partial charge in [0.1, 0.15) is 0 Å². The summed E-state index contributed by atoms with van der Waals surface area (Å²) in [5.74, 6) is 0. The van der Waals surface area contributed by atoms with E-state index in [0.29, 0.717) is 0 Å². The maximum absolute atomic E-state index is 2.52. The number of halogens is 2. The van der Waals surface area contributed by atoms with Gasteiger partial charge >= 0.3 is 94.6 Å². The molecule has 0 nitrogen and oxygen atoms in total. The molecule has 0 saturated heterocycles. The summed E-state index contributed by atoms with van der Waals surface area (Å²) in [6, 6.07) is 0. The predicted octanol–water partition coefficient (Wildman–Crippen LogP) is 4.70. The van der Waals surface area contributed by atoms with Crippen molar-refractivity contribution in [2.75, 3.05) is 0 Å². The van der Waals surface area contributed by atoms with Crippen LogP contribution in [0.15, 0.2) is 43.1 Å². The molecule has 0 aliphatic heterocycles. The first kappa shape index (κ1) is 17.0. The summed E-state index contributed by atoms with van der Waals surface area (Å²) in [7, 11) is 0. The predicted molar refractivity (Wildman–Crippen MR) is 81.8 cm³/mol. The summed E-state index contributed by atoms with van der Waals surface area (Å²) in [6.45, 7) is 5.04. The van der Waals surface area contributed by atoms with Crippen molar-refractivity contribution in [3.8, 4) is 0 Å². The number of allylic oxidation sites excluding steroid dienone is 8. The third kappa shape index (κ3) is 4.04. The van der Waals surface area contributed by atoms with Gasteiger partial charge in [0.15, 0.2) is 0 Å². The van der Waals surface area contributed by atoms with Crippen molar-refractivity contribution >= 4 is 39.5 Å². The molecule has 4 heteroatoms. The van der Waals surface area contributed by atoms with Gasteiger partial charge in [-0.1, -0.05) is 0 Å². The molecule has 2 rings (SSSR count). The van der Waals surface area contributed by atoms with Crippen molar-refractivity contribution < 1.29 is 20.1 Å². The minimum atomic E-state index is -1.50. The molecule has 0 aromatic carbocycles. The van der Waals surface area contributed by atoms with Crippen LogP contribution >= 0.6 is 34.0 Å². The van der Waals surface area contributed by atoms with Crippen molar-refractivity contribution in [2.24, 2.45) is 0 Å². The van der Waals surface area contributed by atoms with Crippen LogP contribution in [-0.4, -0.2) is 5.49 Å². The molecule has 0 atom stereocenters. The first-order valence-corrected chi connectivity index (χ1v) is 16.7. The van der Waals surface area contributed by atoms with Crippen LogP contribution in [0.2, 0.25) is 13.1 Å². The van der Waals surface area contributed by atoms with Crippen LogP contribution in [0.5, 0.6) is 0 Å². The Balaban J connectivity index is 0.00000112. The van der Waals surface area contributed by atoms with E-state index >= 15 is 0 Å². The zero-order chi connectivity index (χ0) is 9.97. The molecule has 0 radical (unpaired) electrons. The summed E-state index contributed by atoms with van der Waals surface area (Å²) in [5, 5.41) is 0. The second kappa shape index (κ2) is 8.17. The Hall–Kier alpha value is 1.01. The number of hydrogen-bond acceptors (Lipinski definition) is 0. The molecule has 0 aromatic heterocycles. The molecule has 0 N–H and O–H groups in total. The van der Waals surface area contributed by atoms with Crippen molar-refractivity contribution in [1.82, 2.24) is 0 Å². The van der Waals surface area contributed by atoms with E-state index in [9.17, 15) is 0 Å². The fourth-order valence-electron chi connectivity index (χ4n) is 2.11. The van der Waals surface area contributed by atoms with Gasteiger partial charge in [0, 0.05) is 0 Å². The topological polar surface area (TPSA) is 0 Å². The Morgan fingerprint density at radius 2 is 1.38 bits per heavy atom. The summed E-state index contributed by atoms with van der Waals surface area (Å²) in [5.41, 5.74) is -0.0425. The Labute approximate surface area is 127 Å². The third-order valence-corrected chi connectivity index (χ3v) is 27.0. The van der Waals surface area contributed by atoms with Crippen LogP contribution < -0.4 is 0 Å². The van der Waals surface area contributed by atoms with E-state index in [0.717, 1.165) is 0 Å². The molecule has 0 heterocycles. The van der Waals surface area contributed by atoms with Crippen molar-refractivity contribution in [3.05, 3.63) is 43.1 Å². The van der Waals surface area contributed by atoms with Crippen LogP contribution in [0.25, 0.3) is 0 Å². The second-order valence-electron chi connectivity index (χ2n) is 4.02. The normalized spacial score (nSPS) is 16.1. The standard InChI is InChI=1S/2C5H5.C2H6Si.2BrH.Hf/c2*1-2-4-5-3-1;1-3-2;;;/h2*1-3H,4H2;1-2H3;2*1H;. The summed E-state index contributed by atoms with van der Waals surface area (Å²) < 4.78 is 3.70. The summed E-state index contributed by atoms with van der Waals surface area (Å²) >= 11 is -1.50. The van der Waals surface area contributed by atoms with E-state index in [-0.39, 0.29) is 39.5 Å². The van der Waals surface area contributed by atoms with Gasteiger partial charge in [0.25, 0.3) is 0 Å². The van der Waals surface area contributed by atoms with Gasteiger partial charge in [-0.2, -0.15) is 0 Å².